The van der Waals surface area contributed by atoms with Crippen molar-refractivity contribution in [1.29, 1.82) is 0 Å². The lowest BCUT2D eigenvalue weighted by atomic mass is 9.97. The average Bonchev–Trinajstić information content (AvgIpc) is 3.00. The van der Waals surface area contributed by atoms with E-state index in [0.717, 1.165) is 34.4 Å². The number of para-hydroxylation sites is 1. The molecule has 0 aliphatic rings. The topological polar surface area (TPSA) is 42.2 Å². The molecule has 0 unspecified atom stereocenters. The Bertz CT molecular complexity index is 819. The summed E-state index contributed by atoms with van der Waals surface area (Å²) in [5, 5.41) is 2.88. The van der Waals surface area contributed by atoms with Gasteiger partial charge in [0.05, 0.1) is 6.26 Å². The van der Waals surface area contributed by atoms with E-state index in [0.29, 0.717) is 5.76 Å². The van der Waals surface area contributed by atoms with Crippen molar-refractivity contribution in [2.24, 2.45) is 0 Å². The Morgan fingerprint density at radius 1 is 1.00 bits per heavy atom. The second-order valence-electron chi connectivity index (χ2n) is 5.45. The Morgan fingerprint density at radius 3 is 2.39 bits per heavy atom. The van der Waals surface area contributed by atoms with Crippen molar-refractivity contribution in [3.8, 4) is 11.1 Å². The molecule has 0 radical (unpaired) electrons. The zero-order valence-corrected chi connectivity index (χ0v) is 13.3. The van der Waals surface area contributed by atoms with Gasteiger partial charge in [-0.15, -0.1) is 0 Å². The Kier molecular flexibility index (Phi) is 4.29. The molecule has 0 fully saturated rings. The lowest BCUT2D eigenvalue weighted by Crippen LogP contribution is -2.12. The van der Waals surface area contributed by atoms with Gasteiger partial charge in [0.2, 0.25) is 0 Å². The molecule has 0 aliphatic heterocycles. The largest absolute Gasteiger partial charge is 0.458 e. The molecule has 0 spiro atoms. The molecule has 23 heavy (non-hydrogen) atoms. The normalized spacial score (nSPS) is 10.5. The first-order valence-electron chi connectivity index (χ1n) is 7.73. The molecule has 0 atom stereocenters. The van der Waals surface area contributed by atoms with E-state index in [9.17, 15) is 4.79 Å². The Hall–Kier alpha value is -2.81. The highest BCUT2D eigenvalue weighted by Crippen LogP contribution is 2.31. The number of carbonyl (C=O) groups excluding carboxylic acids is 1. The molecule has 116 valence electrons. The zero-order valence-electron chi connectivity index (χ0n) is 13.3. The van der Waals surface area contributed by atoms with Gasteiger partial charge in [0.15, 0.2) is 5.76 Å². The first-order chi connectivity index (χ1) is 11.2. The van der Waals surface area contributed by atoms with Crippen LogP contribution >= 0.6 is 0 Å². The van der Waals surface area contributed by atoms with Crippen LogP contribution in [0.4, 0.5) is 5.69 Å². The van der Waals surface area contributed by atoms with Gasteiger partial charge in [0, 0.05) is 16.8 Å². The summed E-state index contributed by atoms with van der Waals surface area (Å²) in [5.41, 5.74) is 4.95. The van der Waals surface area contributed by atoms with Crippen molar-refractivity contribution in [2.75, 3.05) is 5.32 Å². The average molecular weight is 305 g/mol. The highest BCUT2D eigenvalue weighted by molar-refractivity contribution is 6.04. The lowest BCUT2D eigenvalue weighted by Gasteiger charge is -2.07. The van der Waals surface area contributed by atoms with Gasteiger partial charge in [0.25, 0.3) is 5.91 Å². The van der Waals surface area contributed by atoms with Crippen LogP contribution in [0.2, 0.25) is 0 Å². The van der Waals surface area contributed by atoms with Gasteiger partial charge in [-0.05, 0) is 36.6 Å². The second kappa shape index (κ2) is 6.53. The number of rotatable bonds is 4. The molecular weight excluding hydrogens is 286 g/mol. The summed E-state index contributed by atoms with van der Waals surface area (Å²) in [5.74, 6) is 0.169. The molecule has 0 saturated heterocycles. The Balaban J connectivity index is 1.95. The fraction of sp³-hybridized carbons (Fsp3) is 0.150. The minimum Gasteiger partial charge on any atom is -0.458 e. The summed E-state index contributed by atoms with van der Waals surface area (Å²) in [4.78, 5) is 12.5. The van der Waals surface area contributed by atoms with E-state index in [1.54, 1.807) is 6.26 Å². The maximum atomic E-state index is 12.5. The molecule has 3 rings (SSSR count). The summed E-state index contributed by atoms with van der Waals surface area (Å²) in [7, 11) is 0. The molecule has 0 saturated carbocycles. The number of amides is 1. The second-order valence-corrected chi connectivity index (χ2v) is 5.45. The molecule has 3 nitrogen and oxygen atoms in total. The van der Waals surface area contributed by atoms with Crippen LogP contribution in [0.3, 0.4) is 0 Å². The predicted molar refractivity (Wildman–Crippen MR) is 92.7 cm³/mol. The lowest BCUT2D eigenvalue weighted by molar-refractivity contribution is 0.0995. The molecule has 0 aliphatic carbocycles. The smallest absolute Gasteiger partial charge is 0.291 e. The minimum absolute atomic E-state index is 0.215. The first-order valence-corrected chi connectivity index (χ1v) is 7.73. The van der Waals surface area contributed by atoms with Gasteiger partial charge in [-0.25, -0.2) is 0 Å². The van der Waals surface area contributed by atoms with Crippen molar-refractivity contribution in [2.45, 2.75) is 20.3 Å². The summed E-state index contributed by atoms with van der Waals surface area (Å²) >= 11 is 0. The zero-order chi connectivity index (χ0) is 16.2. The number of nitrogens with one attached hydrogen (secondary N) is 1. The Morgan fingerprint density at radius 2 is 1.70 bits per heavy atom. The quantitative estimate of drug-likeness (QED) is 0.731. The standard InChI is InChI=1S/C20H19NO2/c1-3-16-18(17-12-8-7-9-14(17)2)13-23-19(16)20(22)21-15-10-5-4-6-11-15/h4-13H,3H2,1-2H3,(H,21,22). The summed E-state index contributed by atoms with van der Waals surface area (Å²) < 4.78 is 5.62. The third-order valence-electron chi connectivity index (χ3n) is 3.92. The molecule has 1 heterocycles. The Labute approximate surface area is 136 Å². The SMILES string of the molecule is CCc1c(-c2ccccc2C)coc1C(=O)Nc1ccccc1. The van der Waals surface area contributed by atoms with Crippen molar-refractivity contribution < 1.29 is 9.21 Å². The van der Waals surface area contributed by atoms with Gasteiger partial charge < -0.3 is 9.73 Å². The van der Waals surface area contributed by atoms with Gasteiger partial charge >= 0.3 is 0 Å². The summed E-state index contributed by atoms with van der Waals surface area (Å²) in [6, 6.07) is 17.5. The van der Waals surface area contributed by atoms with Gasteiger partial charge in [0.1, 0.15) is 0 Å². The van der Waals surface area contributed by atoms with E-state index in [4.69, 9.17) is 4.42 Å². The van der Waals surface area contributed by atoms with Crippen LogP contribution in [0.15, 0.2) is 65.3 Å². The third-order valence-corrected chi connectivity index (χ3v) is 3.92. The highest BCUT2D eigenvalue weighted by Gasteiger charge is 2.20. The number of carbonyl (C=O) groups is 1. The van der Waals surface area contributed by atoms with Crippen LogP contribution < -0.4 is 5.32 Å². The minimum atomic E-state index is -0.215. The number of hydrogen-bond donors (Lipinski definition) is 1. The van der Waals surface area contributed by atoms with E-state index in [-0.39, 0.29) is 5.91 Å². The van der Waals surface area contributed by atoms with E-state index in [1.807, 2.05) is 49.4 Å². The fourth-order valence-corrected chi connectivity index (χ4v) is 2.73. The summed E-state index contributed by atoms with van der Waals surface area (Å²) in [6.07, 6.45) is 2.42. The number of benzene rings is 2. The molecule has 1 N–H and O–H groups in total. The molecule has 1 amide bonds. The van der Waals surface area contributed by atoms with Gasteiger partial charge in [-0.1, -0.05) is 49.4 Å². The maximum Gasteiger partial charge on any atom is 0.291 e. The number of aryl methyl sites for hydroxylation is 1. The molecule has 3 heteroatoms. The number of anilines is 1. The van der Waals surface area contributed by atoms with Crippen molar-refractivity contribution >= 4 is 11.6 Å². The van der Waals surface area contributed by atoms with E-state index in [1.165, 1.54) is 0 Å². The summed E-state index contributed by atoms with van der Waals surface area (Å²) in [6.45, 7) is 4.09. The monoisotopic (exact) mass is 305 g/mol. The van der Waals surface area contributed by atoms with Crippen LogP contribution in [0.5, 0.6) is 0 Å². The van der Waals surface area contributed by atoms with E-state index >= 15 is 0 Å². The molecule has 3 aromatic rings. The van der Waals surface area contributed by atoms with Crippen LogP contribution in [-0.4, -0.2) is 5.91 Å². The van der Waals surface area contributed by atoms with Crippen molar-refractivity contribution in [1.82, 2.24) is 0 Å². The molecule has 1 aromatic heterocycles. The van der Waals surface area contributed by atoms with Gasteiger partial charge in [-0.3, -0.25) is 4.79 Å². The molecule has 0 bridgehead atoms. The maximum absolute atomic E-state index is 12.5. The molecular formula is C20H19NO2. The van der Waals surface area contributed by atoms with E-state index < -0.39 is 0 Å². The van der Waals surface area contributed by atoms with Crippen LogP contribution in [0.25, 0.3) is 11.1 Å². The van der Waals surface area contributed by atoms with Crippen LogP contribution in [-0.2, 0) is 6.42 Å². The number of furan rings is 1. The predicted octanol–water partition coefficient (Wildman–Crippen LogP) is 5.07. The van der Waals surface area contributed by atoms with E-state index in [2.05, 4.69) is 24.4 Å². The number of hydrogen-bond acceptors (Lipinski definition) is 2. The first kappa shape index (κ1) is 15.1. The van der Waals surface area contributed by atoms with Crippen LogP contribution in [0, 0.1) is 6.92 Å². The van der Waals surface area contributed by atoms with Crippen molar-refractivity contribution in [3.05, 3.63) is 77.7 Å². The highest BCUT2D eigenvalue weighted by atomic mass is 16.3. The van der Waals surface area contributed by atoms with Crippen LogP contribution in [0.1, 0.15) is 28.6 Å². The van der Waals surface area contributed by atoms with Crippen molar-refractivity contribution in [3.63, 3.8) is 0 Å². The fourth-order valence-electron chi connectivity index (χ4n) is 2.73. The third kappa shape index (κ3) is 3.04. The van der Waals surface area contributed by atoms with Gasteiger partial charge in [-0.2, -0.15) is 0 Å². The molecule has 2 aromatic carbocycles.